The van der Waals surface area contributed by atoms with E-state index in [0.29, 0.717) is 0 Å². The fourth-order valence-electron chi connectivity index (χ4n) is 0. The molecule has 0 rings (SSSR count). The standard InChI is InChI=1S/Cd.Co.Cr.Cu.Hg.Ni. The molecule has 0 saturated carbocycles. The van der Waals surface area contributed by atoms with E-state index in [4.69, 9.17) is 0 Å². The molecule has 0 aliphatic carbocycles. The van der Waals surface area contributed by atoms with Gasteiger partial charge >= 0.3 is 0 Å². The van der Waals surface area contributed by atoms with Crippen LogP contribution in [0.4, 0.5) is 0 Å². The second kappa shape index (κ2) is 36.5. The Morgan fingerprint density at radius 2 is 1.00 bits per heavy atom. The van der Waals surface area contributed by atoms with Gasteiger partial charge in [0.2, 0.25) is 0 Å². The van der Waals surface area contributed by atoms with Crippen molar-refractivity contribution in [2.24, 2.45) is 0 Å². The molecule has 6 heavy (non-hydrogen) atoms. The van der Waals surface area contributed by atoms with Crippen LogP contribution in [-0.2, 0) is 123 Å². The van der Waals surface area contributed by atoms with Crippen LogP contribution in [0.1, 0.15) is 0 Å². The number of rotatable bonds is 0. The minimum atomic E-state index is 0. The number of hydrogen-bond donors (Lipinski definition) is 0. The van der Waals surface area contributed by atoms with Gasteiger partial charge in [-0.3, -0.25) is 0 Å². The van der Waals surface area contributed by atoms with Crippen LogP contribution in [0.2, 0.25) is 0 Å². The van der Waals surface area contributed by atoms with Crippen LogP contribution in [0.5, 0.6) is 0 Å². The number of hydrogen-bond acceptors (Lipinski definition) is 0. The van der Waals surface area contributed by atoms with Crippen LogP contribution in [0, 0.1) is 0 Å². The molecule has 0 atom stereocenters. The topological polar surface area (TPSA) is 0 Å². The third-order valence-corrected chi connectivity index (χ3v) is 0. The molecule has 0 amide bonds. The van der Waals surface area contributed by atoms with E-state index in [1.54, 1.807) is 0 Å². The summed E-state index contributed by atoms with van der Waals surface area (Å²) < 4.78 is 0. The van der Waals surface area contributed by atoms with Crippen LogP contribution in [-0.4, -0.2) is 0 Å². The van der Waals surface area contributed by atoms with Crippen molar-refractivity contribution in [2.45, 2.75) is 0 Å². The van der Waals surface area contributed by atoms with Crippen LogP contribution in [0.25, 0.3) is 0 Å². The van der Waals surface area contributed by atoms with Gasteiger partial charge in [-0.15, -0.1) is 0 Å². The van der Waals surface area contributed by atoms with Crippen LogP contribution in [0.15, 0.2) is 0 Å². The van der Waals surface area contributed by atoms with Crippen LogP contribution < -0.4 is 0 Å². The summed E-state index contributed by atoms with van der Waals surface area (Å²) >= 11 is 0. The first-order valence-corrected chi connectivity index (χ1v) is 0. The van der Waals surface area contributed by atoms with E-state index >= 15 is 0 Å². The Hall–Kier alpha value is 3.91. The predicted molar refractivity (Wildman–Crippen MR) is 0 cm³/mol. The van der Waals surface area contributed by atoms with E-state index in [1.807, 2.05) is 0 Å². The zero-order chi connectivity index (χ0) is 0. The summed E-state index contributed by atoms with van der Waals surface area (Å²) in [6.45, 7) is 0. The first-order valence-electron chi connectivity index (χ1n) is 0. The molecular formula is CdCoCrCuHgNi. The van der Waals surface area contributed by atoms with E-state index in [0.717, 1.165) is 0 Å². The molecule has 0 heterocycles. The molecule has 40 valence electrons. The van der Waals surface area contributed by atoms with E-state index < -0.39 is 0 Å². The van der Waals surface area contributed by atoms with E-state index in [-0.39, 0.29) is 123 Å². The molecule has 6 heteroatoms. The smallest absolute Gasteiger partial charge is 0 e. The molecule has 0 N–H and O–H groups in total. The molecule has 0 unspecified atom stereocenters. The largest absolute Gasteiger partial charge is 0 e. The summed E-state index contributed by atoms with van der Waals surface area (Å²) in [5.41, 5.74) is 0. The van der Waals surface area contributed by atoms with Gasteiger partial charge in [0.25, 0.3) is 0 Å². The Labute approximate surface area is 120 Å². The minimum Gasteiger partial charge on any atom is 0 e. The van der Waals surface area contributed by atoms with E-state index in [9.17, 15) is 0 Å². The Bertz CT molecular complexity index is 15.5. The van der Waals surface area contributed by atoms with Crippen LogP contribution in [0.3, 0.4) is 0 Å². The molecule has 0 bridgehead atoms. The normalized spacial score (nSPS) is 0. The quantitative estimate of drug-likeness (QED) is 0.376. The van der Waals surface area contributed by atoms with Crippen molar-refractivity contribution in [3.05, 3.63) is 0 Å². The molecule has 0 saturated heterocycles. The van der Waals surface area contributed by atoms with Gasteiger partial charge in [-0.05, 0) is 0 Å². The molecule has 0 fully saturated rings. The Morgan fingerprint density at radius 3 is 1.00 bits per heavy atom. The van der Waals surface area contributed by atoms with Crippen molar-refractivity contribution >= 4 is 0 Å². The van der Waals surface area contributed by atoms with Gasteiger partial charge in [0.05, 0.1) is 0 Å². The summed E-state index contributed by atoms with van der Waals surface area (Å²) in [7, 11) is 0. The van der Waals surface area contributed by atoms with E-state index in [2.05, 4.69) is 0 Å². The van der Waals surface area contributed by atoms with Crippen molar-refractivity contribution in [3.63, 3.8) is 0 Å². The summed E-state index contributed by atoms with van der Waals surface area (Å²) in [5, 5.41) is 0. The molecule has 0 aromatic carbocycles. The van der Waals surface area contributed by atoms with Gasteiger partial charge in [0.1, 0.15) is 0 Å². The van der Waals surface area contributed by atoms with Gasteiger partial charge in [0, 0.05) is 123 Å². The summed E-state index contributed by atoms with van der Waals surface area (Å²) in [4.78, 5) is 0. The third-order valence-electron chi connectivity index (χ3n) is 0. The monoisotopic (exact) mass is 548 g/mol. The van der Waals surface area contributed by atoms with Gasteiger partial charge in [-0.1, -0.05) is 0 Å². The minimum absolute atomic E-state index is 0. The second-order valence-corrected chi connectivity index (χ2v) is 0. The zero-order valence-electron chi connectivity index (χ0n) is 2.77. The zero-order valence-corrected chi connectivity index (χ0v) is 16.6. The van der Waals surface area contributed by atoms with Crippen molar-refractivity contribution in [2.75, 3.05) is 0 Å². The molecule has 2 radical (unpaired) electrons. The molecular weight excluding hydrogens is 546 g/mol. The summed E-state index contributed by atoms with van der Waals surface area (Å²) in [5.74, 6) is 0. The van der Waals surface area contributed by atoms with Crippen LogP contribution >= 0.6 is 0 Å². The maximum atomic E-state index is 0. The van der Waals surface area contributed by atoms with E-state index in [1.165, 1.54) is 0 Å². The Balaban J connectivity index is 0. The first kappa shape index (κ1) is 51.5. The Kier molecular flexibility index (Phi) is 313. The fourth-order valence-corrected chi connectivity index (χ4v) is 0. The average Bonchev–Trinajstić information content (AvgIpc) is 0. The molecule has 0 spiro atoms. The average molecular weight is 546 g/mol. The van der Waals surface area contributed by atoms with Gasteiger partial charge in [0.15, 0.2) is 0 Å². The fraction of sp³-hybridized carbons (Fsp3) is 0. The maximum absolute atomic E-state index is 0. The van der Waals surface area contributed by atoms with Crippen molar-refractivity contribution in [1.82, 2.24) is 0 Å². The van der Waals surface area contributed by atoms with Gasteiger partial charge in [-0.25, -0.2) is 0 Å². The van der Waals surface area contributed by atoms with Gasteiger partial charge in [-0.2, -0.15) is 0 Å². The SMILES string of the molecule is [Cd].[Co].[Cr].[Cu].[Hg].[Ni]. The molecule has 0 aliphatic rings. The second-order valence-electron chi connectivity index (χ2n) is 0. The summed E-state index contributed by atoms with van der Waals surface area (Å²) in [6, 6.07) is 0. The predicted octanol–water partition coefficient (Wildman–Crippen LogP) is -0.0150. The van der Waals surface area contributed by atoms with Crippen molar-refractivity contribution < 1.29 is 123 Å². The molecule has 0 nitrogen and oxygen atoms in total. The molecule has 0 aromatic rings. The third kappa shape index (κ3) is 24.7. The Morgan fingerprint density at radius 1 is 1.00 bits per heavy atom. The summed E-state index contributed by atoms with van der Waals surface area (Å²) in [6.07, 6.45) is 0. The maximum Gasteiger partial charge on any atom is 0 e. The van der Waals surface area contributed by atoms with Crippen molar-refractivity contribution in [1.29, 1.82) is 0 Å². The van der Waals surface area contributed by atoms with Crippen molar-refractivity contribution in [3.8, 4) is 0 Å². The first-order chi connectivity index (χ1) is 0. The molecule has 0 aromatic heterocycles. The van der Waals surface area contributed by atoms with Gasteiger partial charge < -0.3 is 0 Å². The molecule has 0 aliphatic heterocycles.